The molecule has 1 aromatic heterocycles. The standard InChI is InChI=1S/C10H16ClNO2/c1-10(2,7-13)6-12-5-8-3-4-9(11)14-8/h3-4,12-13H,5-7H2,1-2H3. The summed E-state index contributed by atoms with van der Waals surface area (Å²) in [4.78, 5) is 0. The van der Waals surface area contributed by atoms with Crippen molar-refractivity contribution >= 4 is 11.6 Å². The molecule has 3 nitrogen and oxygen atoms in total. The molecule has 0 aliphatic rings. The number of hydrogen-bond donors (Lipinski definition) is 2. The highest BCUT2D eigenvalue weighted by atomic mass is 35.5. The molecule has 0 fully saturated rings. The Kier molecular flexibility index (Phi) is 3.98. The molecule has 1 heterocycles. The van der Waals surface area contributed by atoms with Gasteiger partial charge >= 0.3 is 0 Å². The van der Waals surface area contributed by atoms with Crippen LogP contribution in [0.4, 0.5) is 0 Å². The van der Waals surface area contributed by atoms with Crippen molar-refractivity contribution in [1.82, 2.24) is 5.32 Å². The molecule has 0 amide bonds. The summed E-state index contributed by atoms with van der Waals surface area (Å²) in [6.45, 7) is 5.53. The molecule has 14 heavy (non-hydrogen) atoms. The van der Waals surface area contributed by atoms with Crippen LogP contribution in [0.2, 0.25) is 5.22 Å². The Balaban J connectivity index is 2.28. The van der Waals surface area contributed by atoms with Gasteiger partial charge < -0.3 is 14.8 Å². The predicted octanol–water partition coefficient (Wildman–Crippen LogP) is 2.04. The third kappa shape index (κ3) is 3.70. The van der Waals surface area contributed by atoms with E-state index in [-0.39, 0.29) is 12.0 Å². The number of hydrogen-bond acceptors (Lipinski definition) is 3. The highest BCUT2D eigenvalue weighted by Crippen LogP contribution is 2.14. The van der Waals surface area contributed by atoms with Gasteiger partial charge in [-0.3, -0.25) is 0 Å². The van der Waals surface area contributed by atoms with Crippen LogP contribution < -0.4 is 5.32 Å². The molecule has 1 aromatic rings. The van der Waals surface area contributed by atoms with Gasteiger partial charge in [0.15, 0.2) is 5.22 Å². The highest BCUT2D eigenvalue weighted by molar-refractivity contribution is 6.28. The van der Waals surface area contributed by atoms with Crippen LogP contribution in [-0.4, -0.2) is 18.3 Å². The Morgan fingerprint density at radius 1 is 1.50 bits per heavy atom. The van der Waals surface area contributed by atoms with Gasteiger partial charge in [-0.15, -0.1) is 0 Å². The molecule has 2 N–H and O–H groups in total. The van der Waals surface area contributed by atoms with Crippen LogP contribution >= 0.6 is 11.6 Å². The van der Waals surface area contributed by atoms with Crippen LogP contribution in [0.25, 0.3) is 0 Å². The van der Waals surface area contributed by atoms with E-state index in [1.54, 1.807) is 6.07 Å². The first-order chi connectivity index (χ1) is 6.53. The second-order valence-electron chi connectivity index (χ2n) is 4.13. The maximum atomic E-state index is 9.01. The molecule has 0 spiro atoms. The van der Waals surface area contributed by atoms with Gasteiger partial charge in [-0.05, 0) is 23.7 Å². The fourth-order valence-corrected chi connectivity index (χ4v) is 1.19. The lowest BCUT2D eigenvalue weighted by molar-refractivity contribution is 0.156. The first kappa shape index (κ1) is 11.6. The third-order valence-electron chi connectivity index (χ3n) is 1.96. The van der Waals surface area contributed by atoms with Gasteiger partial charge in [0.1, 0.15) is 5.76 Å². The average molecular weight is 218 g/mol. The van der Waals surface area contributed by atoms with E-state index in [4.69, 9.17) is 21.1 Å². The van der Waals surface area contributed by atoms with E-state index in [2.05, 4.69) is 5.32 Å². The lowest BCUT2D eigenvalue weighted by atomic mass is 9.95. The molecule has 0 unspecified atom stereocenters. The topological polar surface area (TPSA) is 45.4 Å². The summed E-state index contributed by atoms with van der Waals surface area (Å²) < 4.78 is 5.17. The van der Waals surface area contributed by atoms with Crippen LogP contribution in [0.3, 0.4) is 0 Å². The van der Waals surface area contributed by atoms with Crippen LogP contribution in [0.1, 0.15) is 19.6 Å². The Morgan fingerprint density at radius 2 is 2.21 bits per heavy atom. The Labute approximate surface area is 89.1 Å². The predicted molar refractivity (Wildman–Crippen MR) is 56.3 cm³/mol. The van der Waals surface area contributed by atoms with Gasteiger partial charge in [0.05, 0.1) is 6.54 Å². The molecular formula is C10H16ClNO2. The molecule has 80 valence electrons. The molecule has 0 radical (unpaired) electrons. The van der Waals surface area contributed by atoms with Gasteiger partial charge in [0.25, 0.3) is 0 Å². The summed E-state index contributed by atoms with van der Waals surface area (Å²) in [6.07, 6.45) is 0. The van der Waals surface area contributed by atoms with Crippen molar-refractivity contribution < 1.29 is 9.52 Å². The summed E-state index contributed by atoms with van der Waals surface area (Å²) >= 11 is 5.62. The second kappa shape index (κ2) is 4.82. The molecule has 0 aliphatic carbocycles. The smallest absolute Gasteiger partial charge is 0.193 e. The van der Waals surface area contributed by atoms with Crippen molar-refractivity contribution in [3.05, 3.63) is 23.1 Å². The summed E-state index contributed by atoms with van der Waals surface area (Å²) in [5, 5.41) is 12.6. The van der Waals surface area contributed by atoms with Crippen LogP contribution in [0.15, 0.2) is 16.5 Å². The molecule has 0 bridgehead atoms. The van der Waals surface area contributed by atoms with E-state index < -0.39 is 0 Å². The zero-order valence-corrected chi connectivity index (χ0v) is 9.27. The van der Waals surface area contributed by atoms with E-state index in [1.807, 2.05) is 19.9 Å². The first-order valence-electron chi connectivity index (χ1n) is 4.59. The molecule has 0 saturated carbocycles. The maximum absolute atomic E-state index is 9.01. The summed E-state index contributed by atoms with van der Waals surface area (Å²) in [6, 6.07) is 3.55. The van der Waals surface area contributed by atoms with E-state index in [0.29, 0.717) is 11.8 Å². The maximum Gasteiger partial charge on any atom is 0.193 e. The van der Waals surface area contributed by atoms with Crippen molar-refractivity contribution in [2.45, 2.75) is 20.4 Å². The zero-order valence-electron chi connectivity index (χ0n) is 8.51. The largest absolute Gasteiger partial charge is 0.448 e. The minimum Gasteiger partial charge on any atom is -0.448 e. The molecule has 0 atom stereocenters. The molecule has 1 rings (SSSR count). The lowest BCUT2D eigenvalue weighted by Crippen LogP contribution is -2.31. The normalized spacial score (nSPS) is 12.0. The minimum atomic E-state index is -0.101. The molecule has 4 heteroatoms. The van der Waals surface area contributed by atoms with Crippen molar-refractivity contribution in [2.24, 2.45) is 5.41 Å². The minimum absolute atomic E-state index is 0.101. The van der Waals surface area contributed by atoms with Crippen LogP contribution in [0.5, 0.6) is 0 Å². The van der Waals surface area contributed by atoms with Crippen molar-refractivity contribution in [3.63, 3.8) is 0 Å². The summed E-state index contributed by atoms with van der Waals surface area (Å²) in [7, 11) is 0. The average Bonchev–Trinajstić information content (AvgIpc) is 2.51. The zero-order chi connectivity index (χ0) is 10.6. The summed E-state index contributed by atoms with van der Waals surface area (Å²) in [5.74, 6) is 0.809. The van der Waals surface area contributed by atoms with E-state index in [9.17, 15) is 0 Å². The number of halogens is 1. The van der Waals surface area contributed by atoms with Gasteiger partial charge in [-0.1, -0.05) is 13.8 Å². The fourth-order valence-electron chi connectivity index (χ4n) is 1.03. The van der Waals surface area contributed by atoms with Crippen molar-refractivity contribution in [1.29, 1.82) is 0 Å². The van der Waals surface area contributed by atoms with Crippen LogP contribution in [-0.2, 0) is 6.54 Å². The number of aliphatic hydroxyl groups excluding tert-OH is 1. The fraction of sp³-hybridized carbons (Fsp3) is 0.600. The molecular weight excluding hydrogens is 202 g/mol. The van der Waals surface area contributed by atoms with Crippen molar-refractivity contribution in [2.75, 3.05) is 13.2 Å². The Morgan fingerprint density at radius 3 is 2.71 bits per heavy atom. The summed E-state index contributed by atoms with van der Waals surface area (Å²) in [5.41, 5.74) is -0.101. The number of aliphatic hydroxyl groups is 1. The van der Waals surface area contributed by atoms with Crippen molar-refractivity contribution in [3.8, 4) is 0 Å². The van der Waals surface area contributed by atoms with Crippen LogP contribution in [0, 0.1) is 5.41 Å². The van der Waals surface area contributed by atoms with E-state index >= 15 is 0 Å². The molecule has 0 aliphatic heterocycles. The SMILES string of the molecule is CC(C)(CO)CNCc1ccc(Cl)o1. The third-order valence-corrected chi connectivity index (χ3v) is 2.16. The van der Waals surface area contributed by atoms with E-state index in [1.165, 1.54) is 0 Å². The van der Waals surface area contributed by atoms with Gasteiger partial charge in [-0.2, -0.15) is 0 Å². The molecule has 0 aromatic carbocycles. The number of furan rings is 1. The second-order valence-corrected chi connectivity index (χ2v) is 4.50. The van der Waals surface area contributed by atoms with E-state index in [0.717, 1.165) is 12.3 Å². The Hall–Kier alpha value is -0.510. The highest BCUT2D eigenvalue weighted by Gasteiger charge is 2.15. The van der Waals surface area contributed by atoms with Gasteiger partial charge in [0.2, 0.25) is 0 Å². The van der Waals surface area contributed by atoms with Gasteiger partial charge in [0, 0.05) is 18.6 Å². The van der Waals surface area contributed by atoms with Gasteiger partial charge in [-0.25, -0.2) is 0 Å². The first-order valence-corrected chi connectivity index (χ1v) is 4.97. The number of nitrogens with one attached hydrogen (secondary N) is 1. The monoisotopic (exact) mass is 217 g/mol. The molecule has 0 saturated heterocycles. The number of rotatable bonds is 5. The quantitative estimate of drug-likeness (QED) is 0.794. The lowest BCUT2D eigenvalue weighted by Gasteiger charge is -2.21. The Bertz CT molecular complexity index is 283.